The van der Waals surface area contributed by atoms with Gasteiger partial charge in [-0.15, -0.1) is 0 Å². The van der Waals surface area contributed by atoms with Crippen molar-refractivity contribution in [3.8, 4) is 17.9 Å². The van der Waals surface area contributed by atoms with E-state index in [9.17, 15) is 17.6 Å². The molecule has 0 radical (unpaired) electrons. The smallest absolute Gasteiger partial charge is 0.233 e. The first-order chi connectivity index (χ1) is 9.90. The monoisotopic (exact) mass is 290 g/mol. The van der Waals surface area contributed by atoms with E-state index in [1.807, 2.05) is 0 Å². The van der Waals surface area contributed by atoms with Crippen molar-refractivity contribution in [1.29, 1.82) is 5.26 Å². The Hall–Kier alpha value is -2.86. The third-order valence-electron chi connectivity index (χ3n) is 2.48. The average Bonchev–Trinajstić information content (AvgIpc) is 2.45. The molecule has 1 heterocycles. The predicted molar refractivity (Wildman–Crippen MR) is 66.3 cm³/mol. The van der Waals surface area contributed by atoms with E-state index < -0.39 is 17.7 Å². The molecule has 1 aromatic heterocycles. The summed E-state index contributed by atoms with van der Waals surface area (Å²) in [5.74, 6) is 4.50. The third-order valence-corrected chi connectivity index (χ3v) is 2.48. The fourth-order valence-electron chi connectivity index (χ4n) is 1.47. The summed E-state index contributed by atoms with van der Waals surface area (Å²) in [5, 5.41) is 8.86. The highest BCUT2D eigenvalue weighted by Gasteiger charge is 2.32. The van der Waals surface area contributed by atoms with Gasteiger partial charge in [-0.05, 0) is 42.3 Å². The molecular weight excluding hydrogens is 284 g/mol. The SMILES string of the molecule is N#Cc1ccc(C(F)(F)F)nc1C#Cc1ccc(F)cc1. The Kier molecular flexibility index (Phi) is 3.91. The van der Waals surface area contributed by atoms with Crippen molar-refractivity contribution in [2.45, 2.75) is 6.18 Å². The third kappa shape index (κ3) is 3.58. The van der Waals surface area contributed by atoms with Gasteiger partial charge in [-0.3, -0.25) is 0 Å². The number of benzene rings is 1. The summed E-state index contributed by atoms with van der Waals surface area (Å²) in [6.45, 7) is 0. The standard InChI is InChI=1S/C15H6F4N2/c16-12-5-1-10(2-6-12)3-7-13-11(9-20)4-8-14(21-13)15(17,18)19/h1-2,4-6,8H. The first-order valence-corrected chi connectivity index (χ1v) is 5.66. The van der Waals surface area contributed by atoms with E-state index in [0.717, 1.165) is 12.1 Å². The molecule has 104 valence electrons. The molecule has 0 aliphatic heterocycles. The summed E-state index contributed by atoms with van der Waals surface area (Å²) in [7, 11) is 0. The zero-order valence-corrected chi connectivity index (χ0v) is 10.4. The van der Waals surface area contributed by atoms with Gasteiger partial charge in [0.1, 0.15) is 23.3 Å². The van der Waals surface area contributed by atoms with Gasteiger partial charge in [0.25, 0.3) is 0 Å². The Balaban J connectivity index is 2.44. The van der Waals surface area contributed by atoms with E-state index in [1.54, 1.807) is 6.07 Å². The molecule has 0 fully saturated rings. The summed E-state index contributed by atoms with van der Waals surface area (Å²) < 4.78 is 50.5. The minimum Gasteiger partial charge on any atom is -0.233 e. The fraction of sp³-hybridized carbons (Fsp3) is 0.0667. The summed E-state index contributed by atoms with van der Waals surface area (Å²) in [4.78, 5) is 3.35. The summed E-state index contributed by atoms with van der Waals surface area (Å²) in [5.41, 5.74) is -1.04. The Bertz CT molecular complexity index is 759. The normalized spacial score (nSPS) is 10.4. The van der Waals surface area contributed by atoms with Gasteiger partial charge >= 0.3 is 6.18 Å². The van der Waals surface area contributed by atoms with Crippen LogP contribution in [0.2, 0.25) is 0 Å². The number of aromatic nitrogens is 1. The molecule has 0 saturated carbocycles. The molecule has 0 saturated heterocycles. The molecular formula is C15H6F4N2. The molecule has 2 nitrogen and oxygen atoms in total. The van der Waals surface area contributed by atoms with Gasteiger partial charge in [-0.25, -0.2) is 9.37 Å². The van der Waals surface area contributed by atoms with Crippen LogP contribution in [0.1, 0.15) is 22.5 Å². The van der Waals surface area contributed by atoms with Crippen molar-refractivity contribution in [3.63, 3.8) is 0 Å². The highest BCUT2D eigenvalue weighted by molar-refractivity contribution is 5.48. The molecule has 0 unspecified atom stereocenters. The molecule has 6 heteroatoms. The van der Waals surface area contributed by atoms with Crippen LogP contribution in [0.5, 0.6) is 0 Å². The number of nitriles is 1. The average molecular weight is 290 g/mol. The second-order valence-electron chi connectivity index (χ2n) is 3.96. The van der Waals surface area contributed by atoms with Crippen LogP contribution in [0, 0.1) is 29.0 Å². The molecule has 0 atom stereocenters. The van der Waals surface area contributed by atoms with Gasteiger partial charge in [0.05, 0.1) is 5.56 Å². The lowest BCUT2D eigenvalue weighted by Crippen LogP contribution is -2.09. The van der Waals surface area contributed by atoms with Crippen LogP contribution in [0.4, 0.5) is 17.6 Å². The molecule has 2 aromatic rings. The van der Waals surface area contributed by atoms with Crippen molar-refractivity contribution in [2.75, 3.05) is 0 Å². The minimum absolute atomic E-state index is 0.0578. The van der Waals surface area contributed by atoms with Gasteiger partial charge in [0.2, 0.25) is 0 Å². The van der Waals surface area contributed by atoms with E-state index in [0.29, 0.717) is 5.56 Å². The Morgan fingerprint density at radius 2 is 1.62 bits per heavy atom. The van der Waals surface area contributed by atoms with Crippen LogP contribution in [0.15, 0.2) is 36.4 Å². The number of nitrogens with zero attached hydrogens (tertiary/aromatic N) is 2. The van der Waals surface area contributed by atoms with E-state index in [4.69, 9.17) is 5.26 Å². The van der Waals surface area contributed by atoms with Gasteiger partial charge in [-0.1, -0.05) is 5.92 Å². The van der Waals surface area contributed by atoms with Crippen LogP contribution in [0.3, 0.4) is 0 Å². The maximum absolute atomic E-state index is 12.7. The quantitative estimate of drug-likeness (QED) is 0.550. The Labute approximate surface area is 117 Å². The number of halogens is 4. The molecule has 1 aromatic carbocycles. The molecule has 0 aliphatic rings. The van der Waals surface area contributed by atoms with Crippen molar-refractivity contribution in [1.82, 2.24) is 4.98 Å². The van der Waals surface area contributed by atoms with Gasteiger partial charge in [-0.2, -0.15) is 18.4 Å². The van der Waals surface area contributed by atoms with Crippen molar-refractivity contribution >= 4 is 0 Å². The lowest BCUT2D eigenvalue weighted by Gasteiger charge is -2.05. The molecule has 2 rings (SSSR count). The highest BCUT2D eigenvalue weighted by Crippen LogP contribution is 2.28. The van der Waals surface area contributed by atoms with E-state index in [1.165, 1.54) is 24.3 Å². The van der Waals surface area contributed by atoms with Crippen LogP contribution in [-0.2, 0) is 6.18 Å². The Morgan fingerprint density at radius 3 is 2.19 bits per heavy atom. The maximum atomic E-state index is 12.7. The van der Waals surface area contributed by atoms with Crippen molar-refractivity contribution in [2.24, 2.45) is 0 Å². The summed E-state index contributed by atoms with van der Waals surface area (Å²) in [6, 6.07) is 8.57. The lowest BCUT2D eigenvalue weighted by molar-refractivity contribution is -0.141. The zero-order chi connectivity index (χ0) is 15.5. The van der Waals surface area contributed by atoms with Crippen LogP contribution >= 0.6 is 0 Å². The topological polar surface area (TPSA) is 36.7 Å². The summed E-state index contributed by atoms with van der Waals surface area (Å²) >= 11 is 0. The molecule has 0 amide bonds. The number of alkyl halides is 3. The van der Waals surface area contributed by atoms with Crippen molar-refractivity contribution < 1.29 is 17.6 Å². The maximum Gasteiger partial charge on any atom is 0.433 e. The molecule has 0 aliphatic carbocycles. The second kappa shape index (κ2) is 5.64. The van der Waals surface area contributed by atoms with E-state index in [-0.39, 0.29) is 11.3 Å². The zero-order valence-electron chi connectivity index (χ0n) is 10.4. The molecule has 21 heavy (non-hydrogen) atoms. The minimum atomic E-state index is -4.61. The first kappa shape index (κ1) is 14.5. The summed E-state index contributed by atoms with van der Waals surface area (Å²) in [6.07, 6.45) is -4.61. The highest BCUT2D eigenvalue weighted by atomic mass is 19.4. The Morgan fingerprint density at radius 1 is 0.952 bits per heavy atom. The number of hydrogen-bond donors (Lipinski definition) is 0. The van der Waals surface area contributed by atoms with Gasteiger partial charge < -0.3 is 0 Å². The number of pyridine rings is 1. The van der Waals surface area contributed by atoms with E-state index >= 15 is 0 Å². The van der Waals surface area contributed by atoms with Crippen molar-refractivity contribution in [3.05, 3.63) is 64.7 Å². The number of rotatable bonds is 0. The predicted octanol–water partition coefficient (Wildman–Crippen LogP) is 3.51. The number of hydrogen-bond acceptors (Lipinski definition) is 2. The first-order valence-electron chi connectivity index (χ1n) is 5.66. The van der Waals surface area contributed by atoms with Crippen LogP contribution in [-0.4, -0.2) is 4.98 Å². The van der Waals surface area contributed by atoms with Crippen LogP contribution < -0.4 is 0 Å². The lowest BCUT2D eigenvalue weighted by atomic mass is 10.1. The molecule has 0 spiro atoms. The van der Waals surface area contributed by atoms with Gasteiger partial charge in [0, 0.05) is 5.56 Å². The molecule has 0 bridgehead atoms. The largest absolute Gasteiger partial charge is 0.433 e. The van der Waals surface area contributed by atoms with Gasteiger partial charge in [0.15, 0.2) is 0 Å². The van der Waals surface area contributed by atoms with E-state index in [2.05, 4.69) is 16.8 Å². The van der Waals surface area contributed by atoms with Crippen LogP contribution in [0.25, 0.3) is 0 Å². The molecule has 0 N–H and O–H groups in total. The second-order valence-corrected chi connectivity index (χ2v) is 3.96. The fourth-order valence-corrected chi connectivity index (χ4v) is 1.47.